The fourth-order valence-electron chi connectivity index (χ4n) is 1.58. The number of pyridine rings is 1. The molecule has 72 valence electrons. The fraction of sp³-hybridized carbons (Fsp3) is 0.182. The maximum Gasteiger partial charge on any atom is 0.124 e. The first-order chi connectivity index (χ1) is 6.70. The maximum atomic E-state index is 13.0. The van der Waals surface area contributed by atoms with Gasteiger partial charge < -0.3 is 5.73 Å². The minimum Gasteiger partial charge on any atom is -0.384 e. The lowest BCUT2D eigenvalue weighted by Gasteiger charge is -2.04. The number of aromatic nitrogens is 1. The van der Waals surface area contributed by atoms with Gasteiger partial charge in [0, 0.05) is 5.39 Å². The van der Waals surface area contributed by atoms with E-state index in [1.54, 1.807) is 12.1 Å². The zero-order chi connectivity index (χ0) is 10.1. The molecule has 2 N–H and O–H groups in total. The number of nitrogens with zero attached hydrogens (tertiary/aromatic N) is 1. The molecular formula is C11H11FN2. The van der Waals surface area contributed by atoms with E-state index >= 15 is 0 Å². The summed E-state index contributed by atoms with van der Waals surface area (Å²) in [7, 11) is 0. The molecule has 1 aromatic carbocycles. The Hall–Kier alpha value is -1.64. The molecule has 0 aliphatic rings. The van der Waals surface area contributed by atoms with Crippen LogP contribution in [0.4, 0.5) is 10.2 Å². The van der Waals surface area contributed by atoms with Crippen molar-refractivity contribution in [2.75, 3.05) is 5.73 Å². The van der Waals surface area contributed by atoms with E-state index in [1.165, 1.54) is 12.1 Å². The van der Waals surface area contributed by atoms with Crippen LogP contribution in [0.1, 0.15) is 12.6 Å². The monoisotopic (exact) mass is 190 g/mol. The summed E-state index contributed by atoms with van der Waals surface area (Å²) in [6, 6.07) is 6.41. The number of nitrogen functional groups attached to an aromatic ring is 1. The SMILES string of the molecule is CCc1nc(N)cc2ccc(F)cc12. The van der Waals surface area contributed by atoms with Gasteiger partial charge in [-0.05, 0) is 30.0 Å². The van der Waals surface area contributed by atoms with E-state index in [9.17, 15) is 4.39 Å². The van der Waals surface area contributed by atoms with Gasteiger partial charge in [-0.25, -0.2) is 9.37 Å². The molecule has 0 saturated carbocycles. The standard InChI is InChI=1S/C11H11FN2/c1-2-10-9-6-8(12)4-3-7(9)5-11(13)14-10/h3-6H,2H2,1H3,(H2,13,14). The summed E-state index contributed by atoms with van der Waals surface area (Å²) in [5.74, 6) is 0.250. The average molecular weight is 190 g/mol. The lowest BCUT2D eigenvalue weighted by Crippen LogP contribution is -1.96. The van der Waals surface area contributed by atoms with E-state index in [2.05, 4.69) is 4.98 Å². The number of anilines is 1. The Labute approximate surface area is 81.6 Å². The molecule has 0 bridgehead atoms. The van der Waals surface area contributed by atoms with Crippen LogP contribution in [0.3, 0.4) is 0 Å². The first-order valence-corrected chi connectivity index (χ1v) is 4.55. The highest BCUT2D eigenvalue weighted by molar-refractivity contribution is 5.86. The van der Waals surface area contributed by atoms with E-state index in [1.807, 2.05) is 6.92 Å². The molecule has 3 heteroatoms. The number of rotatable bonds is 1. The van der Waals surface area contributed by atoms with Gasteiger partial charge in [-0.15, -0.1) is 0 Å². The lowest BCUT2D eigenvalue weighted by atomic mass is 10.1. The predicted octanol–water partition coefficient (Wildman–Crippen LogP) is 2.52. The molecule has 0 spiro atoms. The number of nitrogens with two attached hydrogens (primary N) is 1. The van der Waals surface area contributed by atoms with Crippen molar-refractivity contribution in [2.24, 2.45) is 0 Å². The first-order valence-electron chi connectivity index (χ1n) is 4.55. The van der Waals surface area contributed by atoms with Gasteiger partial charge in [0.15, 0.2) is 0 Å². The van der Waals surface area contributed by atoms with E-state index < -0.39 is 0 Å². The van der Waals surface area contributed by atoms with Gasteiger partial charge in [0.05, 0.1) is 5.69 Å². The summed E-state index contributed by atoms with van der Waals surface area (Å²) < 4.78 is 13.0. The highest BCUT2D eigenvalue weighted by Crippen LogP contribution is 2.21. The van der Waals surface area contributed by atoms with Crippen LogP contribution in [0.2, 0.25) is 0 Å². The second-order valence-corrected chi connectivity index (χ2v) is 3.21. The van der Waals surface area contributed by atoms with Gasteiger partial charge in [0.2, 0.25) is 0 Å². The van der Waals surface area contributed by atoms with Gasteiger partial charge in [0.1, 0.15) is 11.6 Å². The number of aryl methyl sites for hydroxylation is 1. The molecule has 0 amide bonds. The largest absolute Gasteiger partial charge is 0.384 e. The Balaban J connectivity index is 2.81. The van der Waals surface area contributed by atoms with Crippen LogP contribution in [0.5, 0.6) is 0 Å². The Kier molecular flexibility index (Phi) is 2.08. The number of hydrogen-bond acceptors (Lipinski definition) is 2. The first kappa shape index (κ1) is 8.94. The molecule has 0 radical (unpaired) electrons. The van der Waals surface area contributed by atoms with Crippen molar-refractivity contribution in [3.63, 3.8) is 0 Å². The van der Waals surface area contributed by atoms with Crippen LogP contribution in [0, 0.1) is 5.82 Å². The minimum atomic E-state index is -0.237. The van der Waals surface area contributed by atoms with Crippen LogP contribution in [-0.4, -0.2) is 4.98 Å². The van der Waals surface area contributed by atoms with Gasteiger partial charge in [-0.2, -0.15) is 0 Å². The van der Waals surface area contributed by atoms with Crippen molar-refractivity contribution >= 4 is 16.6 Å². The summed E-state index contributed by atoms with van der Waals surface area (Å²) in [6.07, 6.45) is 0.755. The fourth-order valence-corrected chi connectivity index (χ4v) is 1.58. The third-order valence-electron chi connectivity index (χ3n) is 2.23. The Bertz CT molecular complexity index is 480. The summed E-state index contributed by atoms with van der Waals surface area (Å²) in [4.78, 5) is 4.17. The number of hydrogen-bond donors (Lipinski definition) is 1. The quantitative estimate of drug-likeness (QED) is 0.750. The van der Waals surface area contributed by atoms with Crippen molar-refractivity contribution in [2.45, 2.75) is 13.3 Å². The average Bonchev–Trinajstić information content (AvgIpc) is 2.17. The summed E-state index contributed by atoms with van der Waals surface area (Å²) in [6.45, 7) is 1.98. The van der Waals surface area contributed by atoms with Crippen molar-refractivity contribution in [1.29, 1.82) is 0 Å². The molecule has 2 nitrogen and oxygen atoms in total. The van der Waals surface area contributed by atoms with E-state index in [-0.39, 0.29) is 5.82 Å². The van der Waals surface area contributed by atoms with Crippen LogP contribution in [-0.2, 0) is 6.42 Å². The second kappa shape index (κ2) is 3.25. The van der Waals surface area contributed by atoms with Gasteiger partial charge in [-0.1, -0.05) is 13.0 Å². The molecule has 0 fully saturated rings. The highest BCUT2D eigenvalue weighted by Gasteiger charge is 2.03. The number of halogens is 1. The molecule has 0 aliphatic heterocycles. The molecule has 1 aromatic heterocycles. The number of fused-ring (bicyclic) bond motifs is 1. The zero-order valence-electron chi connectivity index (χ0n) is 7.92. The van der Waals surface area contributed by atoms with Crippen molar-refractivity contribution in [3.05, 3.63) is 35.8 Å². The molecule has 0 unspecified atom stereocenters. The van der Waals surface area contributed by atoms with Gasteiger partial charge >= 0.3 is 0 Å². The van der Waals surface area contributed by atoms with Crippen LogP contribution in [0.25, 0.3) is 10.8 Å². The van der Waals surface area contributed by atoms with Crippen LogP contribution < -0.4 is 5.73 Å². The van der Waals surface area contributed by atoms with E-state index in [0.717, 1.165) is 22.9 Å². The molecule has 2 aromatic rings. The zero-order valence-corrected chi connectivity index (χ0v) is 7.92. The summed E-state index contributed by atoms with van der Waals surface area (Å²) in [5, 5.41) is 1.79. The van der Waals surface area contributed by atoms with E-state index in [4.69, 9.17) is 5.73 Å². The molecule has 0 aliphatic carbocycles. The topological polar surface area (TPSA) is 38.9 Å². The van der Waals surface area contributed by atoms with Gasteiger partial charge in [-0.3, -0.25) is 0 Å². The Morgan fingerprint density at radius 1 is 1.36 bits per heavy atom. The molecule has 1 heterocycles. The lowest BCUT2D eigenvalue weighted by molar-refractivity contribution is 0.629. The third-order valence-corrected chi connectivity index (χ3v) is 2.23. The third kappa shape index (κ3) is 1.41. The van der Waals surface area contributed by atoms with Crippen molar-refractivity contribution in [3.8, 4) is 0 Å². The predicted molar refractivity (Wildman–Crippen MR) is 55.5 cm³/mol. The second-order valence-electron chi connectivity index (χ2n) is 3.21. The van der Waals surface area contributed by atoms with Crippen molar-refractivity contribution in [1.82, 2.24) is 4.98 Å². The van der Waals surface area contributed by atoms with E-state index in [0.29, 0.717) is 5.82 Å². The Morgan fingerprint density at radius 3 is 2.86 bits per heavy atom. The summed E-state index contributed by atoms with van der Waals surface area (Å²) in [5.41, 5.74) is 6.48. The summed E-state index contributed by atoms with van der Waals surface area (Å²) >= 11 is 0. The van der Waals surface area contributed by atoms with Gasteiger partial charge in [0.25, 0.3) is 0 Å². The maximum absolute atomic E-state index is 13.0. The molecule has 0 saturated heterocycles. The van der Waals surface area contributed by atoms with Crippen LogP contribution in [0.15, 0.2) is 24.3 Å². The minimum absolute atomic E-state index is 0.237. The molecule has 2 rings (SSSR count). The smallest absolute Gasteiger partial charge is 0.124 e. The Morgan fingerprint density at radius 2 is 2.14 bits per heavy atom. The van der Waals surface area contributed by atoms with Crippen molar-refractivity contribution < 1.29 is 4.39 Å². The molecule has 14 heavy (non-hydrogen) atoms. The molecule has 0 atom stereocenters. The highest BCUT2D eigenvalue weighted by atomic mass is 19.1. The molecular weight excluding hydrogens is 179 g/mol. The normalized spacial score (nSPS) is 10.7. The number of benzene rings is 1. The van der Waals surface area contributed by atoms with Crippen LogP contribution >= 0.6 is 0 Å².